The van der Waals surface area contributed by atoms with Crippen molar-refractivity contribution >= 4 is 15.7 Å². The maximum absolute atomic E-state index is 13.1. The Morgan fingerprint density at radius 3 is 2.62 bits per heavy atom. The molecule has 0 amide bonds. The van der Waals surface area contributed by atoms with Crippen LogP contribution in [0.15, 0.2) is 35.5 Å². The lowest BCUT2D eigenvalue weighted by molar-refractivity contribution is 0.171. The van der Waals surface area contributed by atoms with E-state index in [-0.39, 0.29) is 10.8 Å². The Hall–Kier alpha value is -2.72. The van der Waals surface area contributed by atoms with Crippen molar-refractivity contribution in [1.29, 1.82) is 0 Å². The molecule has 2 aliphatic heterocycles. The van der Waals surface area contributed by atoms with E-state index >= 15 is 0 Å². The second-order valence-electron chi connectivity index (χ2n) is 7.30. The lowest BCUT2D eigenvalue weighted by atomic mass is 9.92. The zero-order valence-electron chi connectivity index (χ0n) is 16.0. The Morgan fingerprint density at radius 1 is 1.07 bits per heavy atom. The van der Waals surface area contributed by atoms with Gasteiger partial charge in [0.2, 0.25) is 10.0 Å². The second-order valence-corrected chi connectivity index (χ2v) is 9.24. The minimum atomic E-state index is -3.59. The maximum Gasteiger partial charge on any atom is 0.243 e. The summed E-state index contributed by atoms with van der Waals surface area (Å²) in [6.07, 6.45) is 2.89. The number of piperidine rings is 1. The first kappa shape index (κ1) is 18.3. The molecular weight excluding hydrogens is 394 g/mol. The minimum absolute atomic E-state index is 0.190. The van der Waals surface area contributed by atoms with Crippen LogP contribution in [0.5, 0.6) is 11.5 Å². The molecule has 9 nitrogen and oxygen atoms in total. The van der Waals surface area contributed by atoms with E-state index < -0.39 is 10.0 Å². The van der Waals surface area contributed by atoms with Gasteiger partial charge in [-0.25, -0.2) is 13.4 Å². The molecule has 4 heterocycles. The monoisotopic (exact) mass is 415 g/mol. The van der Waals surface area contributed by atoms with Crippen molar-refractivity contribution in [2.45, 2.75) is 30.6 Å². The van der Waals surface area contributed by atoms with Crippen LogP contribution in [-0.2, 0) is 10.0 Å². The summed E-state index contributed by atoms with van der Waals surface area (Å²) < 4.78 is 40.3. The van der Waals surface area contributed by atoms with Gasteiger partial charge in [-0.2, -0.15) is 9.40 Å². The van der Waals surface area contributed by atoms with Gasteiger partial charge >= 0.3 is 0 Å². The summed E-state index contributed by atoms with van der Waals surface area (Å²) in [7, 11) is -3.59. The molecule has 0 atom stereocenters. The molecule has 10 heteroatoms. The van der Waals surface area contributed by atoms with Crippen molar-refractivity contribution < 1.29 is 17.9 Å². The molecule has 29 heavy (non-hydrogen) atoms. The molecule has 2 aliphatic rings. The number of fused-ring (bicyclic) bond motifs is 2. The summed E-state index contributed by atoms with van der Waals surface area (Å²) in [4.78, 5) is 4.39. The van der Waals surface area contributed by atoms with Gasteiger partial charge in [-0.1, -0.05) is 0 Å². The number of ether oxygens (including phenoxy) is 2. The average Bonchev–Trinajstić information content (AvgIpc) is 3.20. The number of rotatable bonds is 3. The molecule has 2 aromatic heterocycles. The molecule has 0 saturated carbocycles. The molecule has 0 N–H and O–H groups in total. The molecule has 1 saturated heterocycles. The quantitative estimate of drug-likeness (QED) is 0.643. The Morgan fingerprint density at radius 2 is 1.83 bits per heavy atom. The third kappa shape index (κ3) is 3.22. The molecule has 152 valence electrons. The van der Waals surface area contributed by atoms with Gasteiger partial charge in [0.1, 0.15) is 19.5 Å². The van der Waals surface area contributed by atoms with E-state index in [1.807, 2.05) is 13.0 Å². The number of sulfonamides is 1. The van der Waals surface area contributed by atoms with Crippen molar-refractivity contribution in [2.24, 2.45) is 0 Å². The molecule has 0 bridgehead atoms. The van der Waals surface area contributed by atoms with Crippen LogP contribution in [0.25, 0.3) is 5.65 Å². The van der Waals surface area contributed by atoms with Gasteiger partial charge in [0.15, 0.2) is 17.1 Å². The highest BCUT2D eigenvalue weighted by atomic mass is 32.2. The molecule has 0 unspecified atom stereocenters. The van der Waals surface area contributed by atoms with E-state index in [0.29, 0.717) is 56.3 Å². The predicted molar refractivity (Wildman–Crippen MR) is 104 cm³/mol. The van der Waals surface area contributed by atoms with Crippen molar-refractivity contribution in [3.8, 4) is 11.5 Å². The minimum Gasteiger partial charge on any atom is -0.486 e. The lowest BCUT2D eigenvalue weighted by Crippen LogP contribution is -2.38. The number of aryl methyl sites for hydroxylation is 1. The van der Waals surface area contributed by atoms with E-state index in [1.165, 1.54) is 15.3 Å². The van der Waals surface area contributed by atoms with E-state index in [2.05, 4.69) is 15.2 Å². The second kappa shape index (κ2) is 6.96. The number of nitrogens with zero attached hydrogens (tertiary/aromatic N) is 5. The Balaban J connectivity index is 1.35. The summed E-state index contributed by atoms with van der Waals surface area (Å²) in [5.74, 6) is 1.25. The molecule has 3 aromatic rings. The number of aromatic nitrogens is 4. The van der Waals surface area contributed by atoms with Crippen LogP contribution in [0.4, 0.5) is 0 Å². The highest BCUT2D eigenvalue weighted by molar-refractivity contribution is 7.89. The maximum atomic E-state index is 13.1. The van der Waals surface area contributed by atoms with Gasteiger partial charge < -0.3 is 9.47 Å². The van der Waals surface area contributed by atoms with Crippen LogP contribution in [0.3, 0.4) is 0 Å². The fourth-order valence-corrected chi connectivity index (χ4v) is 5.46. The average molecular weight is 415 g/mol. The summed E-state index contributed by atoms with van der Waals surface area (Å²) in [5.41, 5.74) is 2.72. The van der Waals surface area contributed by atoms with E-state index in [4.69, 9.17) is 9.47 Å². The van der Waals surface area contributed by atoms with Gasteiger partial charge in [0.05, 0.1) is 10.6 Å². The van der Waals surface area contributed by atoms with Crippen LogP contribution < -0.4 is 9.47 Å². The molecule has 5 rings (SSSR count). The van der Waals surface area contributed by atoms with Crippen molar-refractivity contribution in [2.75, 3.05) is 26.3 Å². The van der Waals surface area contributed by atoms with Crippen molar-refractivity contribution in [3.63, 3.8) is 0 Å². The topological polar surface area (TPSA) is 98.9 Å². The summed E-state index contributed by atoms with van der Waals surface area (Å²) in [5, 5.41) is 8.71. The van der Waals surface area contributed by atoms with Crippen LogP contribution in [0.2, 0.25) is 0 Å². The molecule has 0 radical (unpaired) electrons. The van der Waals surface area contributed by atoms with E-state index in [9.17, 15) is 8.42 Å². The van der Waals surface area contributed by atoms with Crippen LogP contribution in [-0.4, -0.2) is 58.8 Å². The van der Waals surface area contributed by atoms with Crippen LogP contribution in [0.1, 0.15) is 30.0 Å². The fourth-order valence-electron chi connectivity index (χ4n) is 3.97. The first-order valence-electron chi connectivity index (χ1n) is 9.60. The van der Waals surface area contributed by atoms with Crippen LogP contribution >= 0.6 is 0 Å². The fraction of sp³-hybridized carbons (Fsp3) is 0.421. The Kier molecular flexibility index (Phi) is 4.39. The third-order valence-electron chi connectivity index (χ3n) is 5.50. The molecule has 0 spiro atoms. The highest BCUT2D eigenvalue weighted by Crippen LogP contribution is 2.35. The Labute approximate surface area is 168 Å². The normalized spacial score (nSPS) is 18.2. The van der Waals surface area contributed by atoms with Crippen LogP contribution in [0, 0.1) is 6.92 Å². The van der Waals surface area contributed by atoms with Gasteiger partial charge in [0, 0.05) is 25.1 Å². The van der Waals surface area contributed by atoms with Gasteiger partial charge in [-0.15, -0.1) is 9.73 Å². The summed E-state index contributed by atoms with van der Waals surface area (Å²) in [6.45, 7) is 3.79. The van der Waals surface area contributed by atoms with Gasteiger partial charge in [0.25, 0.3) is 0 Å². The first-order valence-corrected chi connectivity index (χ1v) is 11.0. The van der Waals surface area contributed by atoms with E-state index in [1.54, 1.807) is 18.2 Å². The smallest absolute Gasteiger partial charge is 0.243 e. The van der Waals surface area contributed by atoms with Crippen molar-refractivity contribution in [3.05, 3.63) is 41.9 Å². The molecular formula is C19H21N5O4S. The highest BCUT2D eigenvalue weighted by Gasteiger charge is 2.32. The molecule has 1 aromatic carbocycles. The Bertz CT molecular complexity index is 1170. The first-order chi connectivity index (χ1) is 14.0. The summed E-state index contributed by atoms with van der Waals surface area (Å²) >= 11 is 0. The largest absolute Gasteiger partial charge is 0.486 e. The lowest BCUT2D eigenvalue weighted by Gasteiger charge is -2.31. The zero-order chi connectivity index (χ0) is 20.0. The molecule has 0 aliphatic carbocycles. The third-order valence-corrected chi connectivity index (χ3v) is 7.39. The van der Waals surface area contributed by atoms with Crippen molar-refractivity contribution in [1.82, 2.24) is 24.1 Å². The standard InChI is InChI=1S/C19H21N5O4S/c1-13-10-18-20-12-21-24(18)22-19(13)14-4-6-23(7-5-14)29(25,26)15-2-3-16-17(11-15)28-9-8-27-16/h2-3,10-12,14H,4-9H2,1H3. The van der Waals surface area contributed by atoms with Gasteiger partial charge in [-0.05, 0) is 43.5 Å². The van der Waals surface area contributed by atoms with Gasteiger partial charge in [-0.3, -0.25) is 0 Å². The number of hydrogen-bond donors (Lipinski definition) is 0. The zero-order valence-corrected chi connectivity index (χ0v) is 16.8. The number of hydrogen-bond acceptors (Lipinski definition) is 7. The molecule has 1 fully saturated rings. The SMILES string of the molecule is Cc1cc2ncnn2nc1C1CCN(S(=O)(=O)c2ccc3c(c2)OCCO3)CC1. The summed E-state index contributed by atoms with van der Waals surface area (Å²) in [6, 6.07) is 6.77. The van der Waals surface area contributed by atoms with E-state index in [0.717, 1.165) is 11.3 Å². The number of benzene rings is 1. The predicted octanol–water partition coefficient (Wildman–Crippen LogP) is 1.77.